The number of unbranched alkanes of at least 4 members (excludes halogenated alkanes) is 4. The molecular weight excluding hydrogens is 232 g/mol. The van der Waals surface area contributed by atoms with Crippen LogP contribution in [0.3, 0.4) is 0 Å². The molecule has 1 N–H and O–H groups in total. The van der Waals surface area contributed by atoms with E-state index in [1.165, 1.54) is 70.9 Å². The number of rotatable bonds is 10. The Balaban J connectivity index is 2.00. The minimum Gasteiger partial charge on any atom is -0.313 e. The quantitative estimate of drug-likeness (QED) is 0.597. The lowest BCUT2D eigenvalue weighted by Gasteiger charge is -2.33. The maximum absolute atomic E-state index is 3.73. The van der Waals surface area contributed by atoms with Crippen LogP contribution in [0, 0.1) is 0 Å². The van der Waals surface area contributed by atoms with Gasteiger partial charge in [-0.3, -0.25) is 4.90 Å². The predicted octanol–water partition coefficient (Wildman–Crippen LogP) is 4.20. The third-order valence-electron chi connectivity index (χ3n) is 4.52. The molecule has 0 amide bonds. The summed E-state index contributed by atoms with van der Waals surface area (Å²) in [5, 5.41) is 3.73. The van der Waals surface area contributed by atoms with Crippen molar-refractivity contribution in [2.24, 2.45) is 0 Å². The van der Waals surface area contributed by atoms with Gasteiger partial charge in [-0.05, 0) is 46.2 Å². The molecule has 0 radical (unpaired) electrons. The number of hydrogen-bond donors (Lipinski definition) is 1. The van der Waals surface area contributed by atoms with E-state index >= 15 is 0 Å². The van der Waals surface area contributed by atoms with Crippen molar-refractivity contribution in [1.29, 1.82) is 0 Å². The molecule has 0 aromatic rings. The third-order valence-corrected chi connectivity index (χ3v) is 4.52. The van der Waals surface area contributed by atoms with E-state index in [1.807, 2.05) is 0 Å². The SMILES string of the molecule is CCCCCCCC(C)NCC(C)N1CCCCC1. The first-order chi connectivity index (χ1) is 9.24. The number of nitrogens with one attached hydrogen (secondary N) is 1. The van der Waals surface area contributed by atoms with E-state index in [2.05, 4.69) is 31.0 Å². The van der Waals surface area contributed by atoms with Crippen LogP contribution in [0.1, 0.15) is 78.6 Å². The van der Waals surface area contributed by atoms with Crippen molar-refractivity contribution >= 4 is 0 Å². The summed E-state index contributed by atoms with van der Waals surface area (Å²) in [6.07, 6.45) is 12.6. The Morgan fingerprint density at radius 2 is 1.63 bits per heavy atom. The first kappa shape index (κ1) is 17.0. The van der Waals surface area contributed by atoms with Crippen LogP contribution in [0.2, 0.25) is 0 Å². The summed E-state index contributed by atoms with van der Waals surface area (Å²) in [7, 11) is 0. The minimum absolute atomic E-state index is 0.689. The Kier molecular flexibility index (Phi) is 9.54. The summed E-state index contributed by atoms with van der Waals surface area (Å²) < 4.78 is 0. The van der Waals surface area contributed by atoms with Gasteiger partial charge in [0.15, 0.2) is 0 Å². The standard InChI is InChI=1S/C17H36N2/c1-4-5-6-7-9-12-16(2)18-15-17(3)19-13-10-8-11-14-19/h16-18H,4-15H2,1-3H3. The van der Waals surface area contributed by atoms with Crippen molar-refractivity contribution in [1.82, 2.24) is 10.2 Å². The zero-order valence-electron chi connectivity index (χ0n) is 13.6. The molecule has 1 aliphatic rings. The highest BCUT2D eigenvalue weighted by molar-refractivity contribution is 4.74. The fourth-order valence-electron chi connectivity index (χ4n) is 3.02. The van der Waals surface area contributed by atoms with Crippen molar-refractivity contribution in [3.63, 3.8) is 0 Å². The Labute approximate surface area is 121 Å². The summed E-state index contributed by atoms with van der Waals surface area (Å²) in [6.45, 7) is 10.8. The van der Waals surface area contributed by atoms with Crippen molar-refractivity contribution in [2.75, 3.05) is 19.6 Å². The van der Waals surface area contributed by atoms with Crippen LogP contribution >= 0.6 is 0 Å². The highest BCUT2D eigenvalue weighted by atomic mass is 15.2. The van der Waals surface area contributed by atoms with E-state index in [0.717, 1.165) is 6.54 Å². The van der Waals surface area contributed by atoms with Crippen LogP contribution in [-0.4, -0.2) is 36.6 Å². The van der Waals surface area contributed by atoms with E-state index in [9.17, 15) is 0 Å². The fourth-order valence-corrected chi connectivity index (χ4v) is 3.02. The molecule has 0 saturated carbocycles. The Bertz CT molecular complexity index is 199. The minimum atomic E-state index is 0.689. The zero-order valence-corrected chi connectivity index (χ0v) is 13.6. The molecule has 19 heavy (non-hydrogen) atoms. The van der Waals surface area contributed by atoms with E-state index in [0.29, 0.717) is 12.1 Å². The van der Waals surface area contributed by atoms with Crippen LogP contribution < -0.4 is 5.32 Å². The van der Waals surface area contributed by atoms with Gasteiger partial charge in [0, 0.05) is 18.6 Å². The Morgan fingerprint density at radius 3 is 2.32 bits per heavy atom. The highest BCUT2D eigenvalue weighted by Crippen LogP contribution is 2.12. The fraction of sp³-hybridized carbons (Fsp3) is 1.00. The highest BCUT2D eigenvalue weighted by Gasteiger charge is 2.16. The second-order valence-electron chi connectivity index (χ2n) is 6.46. The molecule has 1 heterocycles. The van der Waals surface area contributed by atoms with E-state index in [1.54, 1.807) is 0 Å². The molecule has 114 valence electrons. The smallest absolute Gasteiger partial charge is 0.0192 e. The van der Waals surface area contributed by atoms with Crippen molar-refractivity contribution in [3.05, 3.63) is 0 Å². The van der Waals surface area contributed by atoms with Gasteiger partial charge in [0.05, 0.1) is 0 Å². The average molecular weight is 268 g/mol. The molecule has 2 atom stereocenters. The van der Waals surface area contributed by atoms with Gasteiger partial charge in [0.2, 0.25) is 0 Å². The molecular formula is C17H36N2. The number of nitrogens with zero attached hydrogens (tertiary/aromatic N) is 1. The monoisotopic (exact) mass is 268 g/mol. The first-order valence-corrected chi connectivity index (χ1v) is 8.71. The first-order valence-electron chi connectivity index (χ1n) is 8.71. The second-order valence-corrected chi connectivity index (χ2v) is 6.46. The van der Waals surface area contributed by atoms with Gasteiger partial charge in [0.25, 0.3) is 0 Å². The van der Waals surface area contributed by atoms with Crippen LogP contribution in [0.5, 0.6) is 0 Å². The lowest BCUT2D eigenvalue weighted by atomic mass is 10.1. The second kappa shape index (κ2) is 10.7. The van der Waals surface area contributed by atoms with Crippen LogP contribution in [0.15, 0.2) is 0 Å². The summed E-state index contributed by atoms with van der Waals surface area (Å²) >= 11 is 0. The van der Waals surface area contributed by atoms with Gasteiger partial charge in [-0.25, -0.2) is 0 Å². The van der Waals surface area contributed by atoms with Crippen LogP contribution in [-0.2, 0) is 0 Å². The number of hydrogen-bond acceptors (Lipinski definition) is 2. The molecule has 0 aromatic heterocycles. The number of likely N-dealkylation sites (tertiary alicyclic amines) is 1. The Hall–Kier alpha value is -0.0800. The molecule has 0 spiro atoms. The lowest BCUT2D eigenvalue weighted by Crippen LogP contribution is -2.44. The molecule has 1 fully saturated rings. The van der Waals surface area contributed by atoms with Crippen molar-refractivity contribution < 1.29 is 0 Å². The van der Waals surface area contributed by atoms with Gasteiger partial charge in [-0.2, -0.15) is 0 Å². The number of piperidine rings is 1. The normalized spacial score (nSPS) is 20.4. The Morgan fingerprint density at radius 1 is 0.947 bits per heavy atom. The molecule has 2 unspecified atom stereocenters. The van der Waals surface area contributed by atoms with Crippen LogP contribution in [0.4, 0.5) is 0 Å². The summed E-state index contributed by atoms with van der Waals surface area (Å²) in [4.78, 5) is 2.66. The maximum Gasteiger partial charge on any atom is 0.0192 e. The van der Waals surface area contributed by atoms with Gasteiger partial charge >= 0.3 is 0 Å². The van der Waals surface area contributed by atoms with Gasteiger partial charge < -0.3 is 5.32 Å². The summed E-state index contributed by atoms with van der Waals surface area (Å²) in [6, 6.07) is 1.40. The largest absolute Gasteiger partial charge is 0.313 e. The van der Waals surface area contributed by atoms with E-state index in [-0.39, 0.29) is 0 Å². The molecule has 1 aliphatic heterocycles. The molecule has 1 saturated heterocycles. The molecule has 2 nitrogen and oxygen atoms in total. The van der Waals surface area contributed by atoms with Gasteiger partial charge in [-0.15, -0.1) is 0 Å². The topological polar surface area (TPSA) is 15.3 Å². The summed E-state index contributed by atoms with van der Waals surface area (Å²) in [5.41, 5.74) is 0. The van der Waals surface area contributed by atoms with E-state index in [4.69, 9.17) is 0 Å². The molecule has 0 aliphatic carbocycles. The van der Waals surface area contributed by atoms with Crippen molar-refractivity contribution in [2.45, 2.75) is 90.6 Å². The predicted molar refractivity (Wildman–Crippen MR) is 85.7 cm³/mol. The zero-order chi connectivity index (χ0) is 13.9. The molecule has 0 aromatic carbocycles. The van der Waals surface area contributed by atoms with Crippen molar-refractivity contribution in [3.8, 4) is 0 Å². The average Bonchev–Trinajstić information content (AvgIpc) is 2.45. The molecule has 0 bridgehead atoms. The van der Waals surface area contributed by atoms with Gasteiger partial charge in [0.1, 0.15) is 0 Å². The third kappa shape index (κ3) is 7.94. The lowest BCUT2D eigenvalue weighted by molar-refractivity contribution is 0.168. The molecule has 2 heteroatoms. The van der Waals surface area contributed by atoms with Gasteiger partial charge in [-0.1, -0.05) is 45.4 Å². The maximum atomic E-state index is 3.73. The summed E-state index contributed by atoms with van der Waals surface area (Å²) in [5.74, 6) is 0. The van der Waals surface area contributed by atoms with E-state index < -0.39 is 0 Å². The molecule has 1 rings (SSSR count). The van der Waals surface area contributed by atoms with Crippen LogP contribution in [0.25, 0.3) is 0 Å².